The minimum absolute atomic E-state index is 0.0191. The number of carbonyl (C=O) groups excluding carboxylic acids is 2. The summed E-state index contributed by atoms with van der Waals surface area (Å²) in [7, 11) is -4.49. The molecule has 0 aliphatic heterocycles. The maximum Gasteiger partial charge on any atom is 0.416 e. The molecule has 4 aromatic rings. The third-order valence-electron chi connectivity index (χ3n) is 6.86. The zero-order valence-corrected chi connectivity index (χ0v) is 26.5. The van der Waals surface area contributed by atoms with Gasteiger partial charge in [-0.05, 0) is 79.6 Å². The van der Waals surface area contributed by atoms with Crippen LogP contribution in [0.5, 0.6) is 5.75 Å². The molecule has 0 aliphatic carbocycles. The molecule has 1 unspecified atom stereocenters. The maximum absolute atomic E-state index is 13.2. The Bertz CT molecular complexity index is 1960. The SMILES string of the molecule is CCCc1cc2cc(C(Nc3ccc(C(=N)NC(=O)c4cc(C(F)(F)F)cc(C(F)(F)F)c4)cc3)C(=O)NS(N)(=O)=O)cc(OCC)c2o1. The summed E-state index contributed by atoms with van der Waals surface area (Å²) >= 11 is 0. The fourth-order valence-electron chi connectivity index (χ4n) is 4.74. The molecule has 11 nitrogen and oxygen atoms in total. The van der Waals surface area contributed by atoms with Crippen molar-refractivity contribution < 1.29 is 53.5 Å². The average Bonchev–Trinajstić information content (AvgIpc) is 3.41. The van der Waals surface area contributed by atoms with Gasteiger partial charge in [0.25, 0.3) is 22.0 Å². The summed E-state index contributed by atoms with van der Waals surface area (Å²) in [6.07, 6.45) is -8.94. The second-order valence-corrected chi connectivity index (χ2v) is 11.9. The molecule has 1 heterocycles. The first-order chi connectivity index (χ1) is 22.8. The number of amides is 2. The molecule has 1 atom stereocenters. The molecule has 1 aromatic heterocycles. The summed E-state index contributed by atoms with van der Waals surface area (Å²) < 4.78 is 116. The van der Waals surface area contributed by atoms with Crippen molar-refractivity contribution in [2.24, 2.45) is 5.14 Å². The van der Waals surface area contributed by atoms with E-state index in [1.54, 1.807) is 23.8 Å². The van der Waals surface area contributed by atoms with E-state index in [4.69, 9.17) is 19.7 Å². The highest BCUT2D eigenvalue weighted by molar-refractivity contribution is 7.87. The first-order valence-electron chi connectivity index (χ1n) is 14.4. The van der Waals surface area contributed by atoms with Crippen LogP contribution in [-0.2, 0) is 33.8 Å². The number of alkyl halides is 6. The minimum Gasteiger partial charge on any atom is -0.490 e. The lowest BCUT2D eigenvalue weighted by atomic mass is 10.0. The number of carbonyl (C=O) groups is 2. The van der Waals surface area contributed by atoms with Gasteiger partial charge in [0.2, 0.25) is 0 Å². The van der Waals surface area contributed by atoms with E-state index in [2.05, 4.69) is 5.32 Å². The summed E-state index contributed by atoms with van der Waals surface area (Å²) in [6.45, 7) is 3.94. The molecular weight excluding hydrogens is 684 g/mol. The van der Waals surface area contributed by atoms with Crippen LogP contribution in [0.4, 0.5) is 32.0 Å². The van der Waals surface area contributed by atoms with Crippen molar-refractivity contribution in [1.82, 2.24) is 10.0 Å². The lowest BCUT2D eigenvalue weighted by molar-refractivity contribution is -0.143. The number of nitrogens with one attached hydrogen (secondary N) is 4. The van der Waals surface area contributed by atoms with Crippen molar-refractivity contribution in [3.05, 3.63) is 94.2 Å². The van der Waals surface area contributed by atoms with Crippen LogP contribution >= 0.6 is 0 Å². The zero-order valence-electron chi connectivity index (χ0n) is 25.7. The average molecular weight is 714 g/mol. The van der Waals surface area contributed by atoms with Crippen LogP contribution in [0.1, 0.15) is 64.7 Å². The highest BCUT2D eigenvalue weighted by Crippen LogP contribution is 2.37. The van der Waals surface area contributed by atoms with Gasteiger partial charge in [-0.2, -0.15) is 34.8 Å². The summed E-state index contributed by atoms with van der Waals surface area (Å²) in [5.41, 5.74) is -3.52. The third kappa shape index (κ3) is 9.29. The van der Waals surface area contributed by atoms with Crippen LogP contribution < -0.4 is 25.2 Å². The number of rotatable bonds is 11. The van der Waals surface area contributed by atoms with E-state index >= 15 is 0 Å². The summed E-state index contributed by atoms with van der Waals surface area (Å²) in [6, 6.07) is 8.98. The molecule has 0 saturated heterocycles. The Balaban J connectivity index is 1.61. The van der Waals surface area contributed by atoms with Crippen LogP contribution in [0.25, 0.3) is 11.0 Å². The number of benzene rings is 3. The van der Waals surface area contributed by atoms with Crippen molar-refractivity contribution >= 4 is 44.5 Å². The highest BCUT2D eigenvalue weighted by atomic mass is 32.2. The maximum atomic E-state index is 13.2. The molecule has 0 aliphatic rings. The summed E-state index contributed by atoms with van der Waals surface area (Å²) in [4.78, 5) is 25.8. The third-order valence-corrected chi connectivity index (χ3v) is 7.35. The van der Waals surface area contributed by atoms with Crippen molar-refractivity contribution in [1.29, 1.82) is 5.41 Å². The fourth-order valence-corrected chi connectivity index (χ4v) is 5.14. The molecule has 0 bridgehead atoms. The molecule has 0 radical (unpaired) electrons. The van der Waals surface area contributed by atoms with E-state index in [0.29, 0.717) is 23.2 Å². The fraction of sp³-hybridized carbons (Fsp3) is 0.258. The molecule has 262 valence electrons. The molecule has 6 N–H and O–H groups in total. The highest BCUT2D eigenvalue weighted by Gasteiger charge is 2.37. The summed E-state index contributed by atoms with van der Waals surface area (Å²) in [5, 5.41) is 18.6. The standard InChI is InChI=1S/C31H29F6N5O6S/c1-3-5-23-13-18-10-17(14-24(47-4-2)26(18)48-23)25(29(44)42-49(39,45)46)40-22-8-6-16(7-9-22)27(38)41-28(43)19-11-20(30(32,33)34)15-21(12-19)31(35,36)37/h6-15,25,40H,3-5H2,1-2H3,(H,42,44)(H2,38,41,43)(H2,39,45,46). The monoisotopic (exact) mass is 713 g/mol. The quantitative estimate of drug-likeness (QED) is 0.0714. The molecule has 18 heteroatoms. The Hall–Kier alpha value is -5.10. The van der Waals surface area contributed by atoms with E-state index in [1.807, 2.05) is 12.2 Å². The Labute approximate surface area is 275 Å². The largest absolute Gasteiger partial charge is 0.490 e. The topological polar surface area (TPSA) is 177 Å². The predicted molar refractivity (Wildman–Crippen MR) is 166 cm³/mol. The van der Waals surface area contributed by atoms with E-state index in [9.17, 15) is 44.3 Å². The number of nitrogens with two attached hydrogens (primary N) is 1. The van der Waals surface area contributed by atoms with Gasteiger partial charge < -0.3 is 19.8 Å². The number of hydrogen-bond acceptors (Lipinski definition) is 8. The van der Waals surface area contributed by atoms with E-state index in [0.717, 1.165) is 6.42 Å². The molecule has 0 saturated carbocycles. The van der Waals surface area contributed by atoms with E-state index < -0.39 is 62.9 Å². The normalized spacial score (nSPS) is 12.8. The molecule has 4 rings (SSSR count). The van der Waals surface area contributed by atoms with Crippen LogP contribution in [0.3, 0.4) is 0 Å². The van der Waals surface area contributed by atoms with Crippen LogP contribution in [0.2, 0.25) is 0 Å². The molecular formula is C31H29F6N5O6S. The van der Waals surface area contributed by atoms with Gasteiger partial charge >= 0.3 is 12.4 Å². The second kappa shape index (κ2) is 14.2. The van der Waals surface area contributed by atoms with Gasteiger partial charge in [-0.3, -0.25) is 15.0 Å². The van der Waals surface area contributed by atoms with Crippen LogP contribution in [0.15, 0.2) is 65.1 Å². The molecule has 3 aromatic carbocycles. The van der Waals surface area contributed by atoms with Crippen molar-refractivity contribution in [3.8, 4) is 5.75 Å². The van der Waals surface area contributed by atoms with Crippen molar-refractivity contribution in [2.75, 3.05) is 11.9 Å². The molecule has 0 spiro atoms. The van der Waals surface area contributed by atoms with Crippen molar-refractivity contribution in [2.45, 2.75) is 45.1 Å². The van der Waals surface area contributed by atoms with Crippen molar-refractivity contribution in [3.63, 3.8) is 0 Å². The van der Waals surface area contributed by atoms with Gasteiger partial charge in [-0.25, -0.2) is 9.86 Å². The molecule has 0 fully saturated rings. The Morgan fingerprint density at radius 2 is 1.53 bits per heavy atom. The van der Waals surface area contributed by atoms with Gasteiger partial charge in [-0.15, -0.1) is 0 Å². The van der Waals surface area contributed by atoms with Crippen LogP contribution in [0, 0.1) is 5.41 Å². The van der Waals surface area contributed by atoms with Gasteiger partial charge in [0.05, 0.1) is 17.7 Å². The number of furan rings is 1. The number of fused-ring (bicyclic) bond motifs is 1. The molecule has 2 amide bonds. The summed E-state index contributed by atoms with van der Waals surface area (Å²) in [5.74, 6) is -2.18. The number of halogens is 6. The zero-order chi connectivity index (χ0) is 36.3. The number of amidine groups is 1. The number of aryl methyl sites for hydroxylation is 1. The smallest absolute Gasteiger partial charge is 0.416 e. The Morgan fingerprint density at radius 3 is 2.06 bits per heavy atom. The first kappa shape index (κ1) is 36.7. The first-order valence-corrected chi connectivity index (χ1v) is 15.9. The van der Waals surface area contributed by atoms with Gasteiger partial charge in [0.15, 0.2) is 11.3 Å². The predicted octanol–water partition coefficient (Wildman–Crippen LogP) is 6.05. The lowest BCUT2D eigenvalue weighted by Gasteiger charge is -2.20. The second-order valence-electron chi connectivity index (χ2n) is 10.6. The van der Waals surface area contributed by atoms with Gasteiger partial charge in [-0.1, -0.05) is 6.92 Å². The Morgan fingerprint density at radius 1 is 0.918 bits per heavy atom. The van der Waals surface area contributed by atoms with E-state index in [-0.39, 0.29) is 47.4 Å². The molecule has 49 heavy (non-hydrogen) atoms. The van der Waals surface area contributed by atoms with Crippen LogP contribution in [-0.4, -0.2) is 32.7 Å². The number of ether oxygens (including phenoxy) is 1. The van der Waals surface area contributed by atoms with Gasteiger partial charge in [0.1, 0.15) is 17.6 Å². The number of anilines is 1. The lowest BCUT2D eigenvalue weighted by Crippen LogP contribution is -2.41. The number of hydrogen-bond donors (Lipinski definition) is 5. The van der Waals surface area contributed by atoms with E-state index in [1.165, 1.54) is 30.3 Å². The van der Waals surface area contributed by atoms with Gasteiger partial charge in [0, 0.05) is 28.6 Å². The minimum atomic E-state index is -5.18. The Kier molecular flexibility index (Phi) is 10.6.